The Morgan fingerprint density at radius 2 is 2.25 bits per heavy atom. The predicted octanol–water partition coefficient (Wildman–Crippen LogP) is 1.33. The van der Waals surface area contributed by atoms with Gasteiger partial charge < -0.3 is 10.0 Å². The van der Waals surface area contributed by atoms with Gasteiger partial charge in [0.05, 0.1) is 10.5 Å². The molecule has 1 aromatic rings. The zero-order valence-corrected chi connectivity index (χ0v) is 10.9. The van der Waals surface area contributed by atoms with E-state index in [0.717, 1.165) is 17.2 Å². The van der Waals surface area contributed by atoms with E-state index in [9.17, 15) is 19.7 Å². The fourth-order valence-electron chi connectivity index (χ4n) is 2.11. The summed E-state index contributed by atoms with van der Waals surface area (Å²) in [5.74, 6) is -1.76. The van der Waals surface area contributed by atoms with Crippen molar-refractivity contribution in [2.24, 2.45) is 0 Å². The molecule has 2 heterocycles. The summed E-state index contributed by atoms with van der Waals surface area (Å²) in [6, 6.07) is 0.0763. The molecule has 0 aliphatic carbocycles. The molecule has 0 aromatic carbocycles. The second-order valence-corrected chi connectivity index (χ2v) is 4.64. The minimum atomic E-state index is -1.11. The van der Waals surface area contributed by atoms with Crippen molar-refractivity contribution in [3.05, 3.63) is 33.1 Å². The monoisotopic (exact) mass is 299 g/mol. The molecule has 1 N–H and O–H groups in total. The SMILES string of the molecule is O=C(O)C1CCCN1C(=O)c1cc([N+](=O)[O-])cnc1Cl. The maximum absolute atomic E-state index is 12.3. The van der Waals surface area contributed by atoms with Gasteiger partial charge in [-0.15, -0.1) is 0 Å². The van der Waals surface area contributed by atoms with Crippen molar-refractivity contribution in [1.82, 2.24) is 9.88 Å². The van der Waals surface area contributed by atoms with E-state index in [0.29, 0.717) is 12.8 Å². The van der Waals surface area contributed by atoms with Crippen LogP contribution < -0.4 is 0 Å². The average Bonchev–Trinajstić information content (AvgIpc) is 2.87. The zero-order chi connectivity index (χ0) is 14.9. The van der Waals surface area contributed by atoms with Gasteiger partial charge in [0, 0.05) is 12.6 Å². The van der Waals surface area contributed by atoms with Gasteiger partial charge in [-0.1, -0.05) is 11.6 Å². The maximum Gasteiger partial charge on any atom is 0.326 e. The molecule has 8 nitrogen and oxygen atoms in total. The van der Waals surface area contributed by atoms with E-state index in [4.69, 9.17) is 16.7 Å². The molecule has 9 heteroatoms. The third kappa shape index (κ3) is 2.55. The predicted molar refractivity (Wildman–Crippen MR) is 67.6 cm³/mol. The third-order valence-electron chi connectivity index (χ3n) is 3.06. The Bertz CT molecular complexity index is 591. The van der Waals surface area contributed by atoms with E-state index in [1.165, 1.54) is 0 Å². The molecule has 1 unspecified atom stereocenters. The van der Waals surface area contributed by atoms with Gasteiger partial charge in [0.2, 0.25) is 0 Å². The van der Waals surface area contributed by atoms with Crippen LogP contribution in [-0.2, 0) is 4.79 Å². The molecule has 1 saturated heterocycles. The van der Waals surface area contributed by atoms with Gasteiger partial charge in [-0.05, 0) is 12.8 Å². The number of carboxylic acid groups (broad SMARTS) is 1. The molecule has 1 aliphatic heterocycles. The van der Waals surface area contributed by atoms with Crippen LogP contribution in [0.1, 0.15) is 23.2 Å². The highest BCUT2D eigenvalue weighted by Gasteiger charge is 2.35. The van der Waals surface area contributed by atoms with E-state index in [-0.39, 0.29) is 22.9 Å². The lowest BCUT2D eigenvalue weighted by Gasteiger charge is -2.21. The van der Waals surface area contributed by atoms with Crippen molar-refractivity contribution in [2.75, 3.05) is 6.54 Å². The summed E-state index contributed by atoms with van der Waals surface area (Å²) in [5.41, 5.74) is -0.530. The van der Waals surface area contributed by atoms with Crippen molar-refractivity contribution in [2.45, 2.75) is 18.9 Å². The maximum atomic E-state index is 12.3. The number of likely N-dealkylation sites (tertiary alicyclic amines) is 1. The summed E-state index contributed by atoms with van der Waals surface area (Å²) in [4.78, 5) is 38.1. The lowest BCUT2D eigenvalue weighted by Crippen LogP contribution is -2.40. The molecular formula is C11H10ClN3O5. The molecule has 20 heavy (non-hydrogen) atoms. The molecule has 1 aliphatic rings. The second kappa shape index (κ2) is 5.41. The second-order valence-electron chi connectivity index (χ2n) is 4.28. The standard InChI is InChI=1S/C11H10ClN3O5/c12-9-7(4-6(5-13-9)15(19)20)10(16)14-3-1-2-8(14)11(17)18/h4-5,8H,1-3H2,(H,17,18). The van der Waals surface area contributed by atoms with E-state index < -0.39 is 22.8 Å². The highest BCUT2D eigenvalue weighted by atomic mass is 35.5. The molecular weight excluding hydrogens is 290 g/mol. The van der Waals surface area contributed by atoms with Gasteiger partial charge in [-0.25, -0.2) is 9.78 Å². The number of rotatable bonds is 3. The number of pyridine rings is 1. The van der Waals surface area contributed by atoms with Crippen molar-refractivity contribution in [3.63, 3.8) is 0 Å². The van der Waals surface area contributed by atoms with Gasteiger partial charge in [0.15, 0.2) is 0 Å². The highest BCUT2D eigenvalue weighted by Crippen LogP contribution is 2.25. The first kappa shape index (κ1) is 14.2. The molecule has 1 amide bonds. The van der Waals surface area contributed by atoms with Gasteiger partial charge in [0.25, 0.3) is 11.6 Å². The molecule has 1 fully saturated rings. The quantitative estimate of drug-likeness (QED) is 0.511. The van der Waals surface area contributed by atoms with Crippen LogP contribution >= 0.6 is 11.6 Å². The van der Waals surface area contributed by atoms with Crippen LogP contribution in [0.25, 0.3) is 0 Å². The number of aromatic nitrogens is 1. The lowest BCUT2D eigenvalue weighted by molar-refractivity contribution is -0.385. The number of carboxylic acids is 1. The molecule has 0 spiro atoms. The Labute approximate surface area is 118 Å². The van der Waals surface area contributed by atoms with Crippen LogP contribution in [0.4, 0.5) is 5.69 Å². The van der Waals surface area contributed by atoms with Crippen molar-refractivity contribution in [3.8, 4) is 0 Å². The summed E-state index contributed by atoms with van der Waals surface area (Å²) in [6.07, 6.45) is 1.85. The summed E-state index contributed by atoms with van der Waals surface area (Å²) in [5, 5.41) is 19.5. The Morgan fingerprint density at radius 1 is 1.55 bits per heavy atom. The lowest BCUT2D eigenvalue weighted by atomic mass is 10.2. The minimum absolute atomic E-state index is 0.158. The first-order valence-electron chi connectivity index (χ1n) is 5.75. The van der Waals surface area contributed by atoms with Gasteiger partial charge in [0.1, 0.15) is 17.4 Å². The smallest absolute Gasteiger partial charge is 0.326 e. The molecule has 2 rings (SSSR count). The number of amides is 1. The first-order chi connectivity index (χ1) is 9.41. The Kier molecular flexibility index (Phi) is 3.84. The fraction of sp³-hybridized carbons (Fsp3) is 0.364. The van der Waals surface area contributed by atoms with Crippen LogP contribution in [0, 0.1) is 10.1 Å². The number of nitrogens with zero attached hydrogens (tertiary/aromatic N) is 3. The number of hydrogen-bond acceptors (Lipinski definition) is 5. The summed E-state index contributed by atoms with van der Waals surface area (Å²) in [7, 11) is 0. The van der Waals surface area contributed by atoms with Crippen LogP contribution in [0.2, 0.25) is 5.15 Å². The van der Waals surface area contributed by atoms with E-state index in [2.05, 4.69) is 4.98 Å². The molecule has 0 saturated carbocycles. The molecule has 1 aromatic heterocycles. The van der Waals surface area contributed by atoms with Gasteiger partial charge >= 0.3 is 5.97 Å². The topological polar surface area (TPSA) is 114 Å². The molecule has 106 valence electrons. The zero-order valence-electron chi connectivity index (χ0n) is 10.2. The largest absolute Gasteiger partial charge is 0.480 e. The number of carbonyl (C=O) groups is 2. The molecule has 0 radical (unpaired) electrons. The van der Waals surface area contributed by atoms with Crippen molar-refractivity contribution in [1.29, 1.82) is 0 Å². The van der Waals surface area contributed by atoms with Crippen LogP contribution in [0.3, 0.4) is 0 Å². The van der Waals surface area contributed by atoms with E-state index >= 15 is 0 Å². The molecule has 1 atom stereocenters. The summed E-state index contributed by atoms with van der Waals surface area (Å²) < 4.78 is 0. The summed E-state index contributed by atoms with van der Waals surface area (Å²) in [6.45, 7) is 0.273. The minimum Gasteiger partial charge on any atom is -0.480 e. The van der Waals surface area contributed by atoms with Crippen LogP contribution in [0.5, 0.6) is 0 Å². The highest BCUT2D eigenvalue weighted by molar-refractivity contribution is 6.32. The normalized spacial score (nSPS) is 18.1. The number of aliphatic carboxylic acids is 1. The van der Waals surface area contributed by atoms with Crippen LogP contribution in [0.15, 0.2) is 12.3 Å². The van der Waals surface area contributed by atoms with Gasteiger partial charge in [-0.3, -0.25) is 14.9 Å². The van der Waals surface area contributed by atoms with Crippen molar-refractivity contribution >= 4 is 29.2 Å². The average molecular weight is 300 g/mol. The number of nitro groups is 1. The van der Waals surface area contributed by atoms with Crippen LogP contribution in [-0.4, -0.2) is 44.4 Å². The summed E-state index contributed by atoms with van der Waals surface area (Å²) >= 11 is 5.77. The fourth-order valence-corrected chi connectivity index (χ4v) is 2.29. The van der Waals surface area contributed by atoms with Crippen molar-refractivity contribution < 1.29 is 19.6 Å². The third-order valence-corrected chi connectivity index (χ3v) is 3.37. The van der Waals surface area contributed by atoms with E-state index in [1.807, 2.05) is 0 Å². The Hall–Kier alpha value is -2.22. The Morgan fingerprint density at radius 3 is 2.85 bits per heavy atom. The first-order valence-corrected chi connectivity index (χ1v) is 6.13. The molecule has 0 bridgehead atoms. The number of halogens is 1. The number of hydrogen-bond donors (Lipinski definition) is 1. The van der Waals surface area contributed by atoms with E-state index in [1.54, 1.807) is 0 Å². The number of carbonyl (C=O) groups excluding carboxylic acids is 1. The Balaban J connectivity index is 2.35. The van der Waals surface area contributed by atoms with Gasteiger partial charge in [-0.2, -0.15) is 0 Å².